The van der Waals surface area contributed by atoms with Crippen LogP contribution < -0.4 is 16.0 Å². The summed E-state index contributed by atoms with van der Waals surface area (Å²) < 4.78 is 0. The summed E-state index contributed by atoms with van der Waals surface area (Å²) >= 11 is 0. The Balaban J connectivity index is 1.33. The van der Waals surface area contributed by atoms with Crippen molar-refractivity contribution in [3.63, 3.8) is 0 Å². The molecule has 30 heavy (non-hydrogen) atoms. The molecule has 3 aromatic rings. The van der Waals surface area contributed by atoms with Crippen LogP contribution in [0, 0.1) is 0 Å². The molecule has 0 unspecified atom stereocenters. The fraction of sp³-hybridized carbons (Fsp3) is 0.200. The van der Waals surface area contributed by atoms with E-state index in [1.54, 1.807) is 12.1 Å². The van der Waals surface area contributed by atoms with Crippen molar-refractivity contribution in [2.24, 2.45) is 0 Å². The highest BCUT2D eigenvalue weighted by Gasteiger charge is 2.44. The molecule has 0 spiro atoms. The number of benzene rings is 3. The van der Waals surface area contributed by atoms with E-state index in [0.717, 1.165) is 18.5 Å². The number of rotatable bonds is 8. The van der Waals surface area contributed by atoms with Crippen LogP contribution in [-0.2, 0) is 10.2 Å². The van der Waals surface area contributed by atoms with Crippen LogP contribution in [-0.4, -0.2) is 24.9 Å². The second-order valence-electron chi connectivity index (χ2n) is 7.64. The van der Waals surface area contributed by atoms with Gasteiger partial charge in [-0.3, -0.25) is 9.59 Å². The first-order valence-electron chi connectivity index (χ1n) is 10.2. The topological polar surface area (TPSA) is 70.2 Å². The molecule has 0 saturated heterocycles. The van der Waals surface area contributed by atoms with Crippen molar-refractivity contribution >= 4 is 23.2 Å². The molecule has 0 atom stereocenters. The summed E-state index contributed by atoms with van der Waals surface area (Å²) in [7, 11) is 0. The van der Waals surface area contributed by atoms with Crippen molar-refractivity contribution < 1.29 is 9.59 Å². The smallest absolute Gasteiger partial charge is 0.257 e. The molecule has 0 radical (unpaired) electrons. The summed E-state index contributed by atoms with van der Waals surface area (Å²) in [5, 5.41) is 9.02. The van der Waals surface area contributed by atoms with E-state index in [0.29, 0.717) is 17.8 Å². The molecule has 0 aromatic heterocycles. The maximum Gasteiger partial charge on any atom is 0.257 e. The van der Waals surface area contributed by atoms with E-state index in [-0.39, 0.29) is 23.8 Å². The fourth-order valence-corrected chi connectivity index (χ4v) is 3.57. The Morgan fingerprint density at radius 1 is 0.800 bits per heavy atom. The summed E-state index contributed by atoms with van der Waals surface area (Å²) in [6.45, 7) is 0.744. The van der Waals surface area contributed by atoms with Crippen molar-refractivity contribution in [3.8, 4) is 0 Å². The van der Waals surface area contributed by atoms with E-state index >= 15 is 0 Å². The van der Waals surface area contributed by atoms with Crippen molar-refractivity contribution in [2.45, 2.75) is 18.3 Å². The maximum atomic E-state index is 12.7. The van der Waals surface area contributed by atoms with Crippen LogP contribution in [0.25, 0.3) is 0 Å². The minimum atomic E-state index is -0.217. The van der Waals surface area contributed by atoms with Gasteiger partial charge in [-0.05, 0) is 42.7 Å². The first-order valence-corrected chi connectivity index (χ1v) is 10.2. The Hall–Kier alpha value is -3.60. The van der Waals surface area contributed by atoms with Gasteiger partial charge in [-0.1, -0.05) is 60.7 Å². The second kappa shape index (κ2) is 8.82. The van der Waals surface area contributed by atoms with E-state index in [2.05, 4.69) is 28.1 Å². The first-order chi connectivity index (χ1) is 14.7. The number of hydrogen-bond donors (Lipinski definition) is 3. The zero-order chi connectivity index (χ0) is 20.8. The third kappa shape index (κ3) is 4.69. The van der Waals surface area contributed by atoms with E-state index in [9.17, 15) is 9.59 Å². The molecule has 0 aliphatic heterocycles. The average Bonchev–Trinajstić information content (AvgIpc) is 3.59. The highest BCUT2D eigenvalue weighted by molar-refractivity contribution is 6.08. The predicted octanol–water partition coefficient (Wildman–Crippen LogP) is 4.20. The van der Waals surface area contributed by atoms with Crippen molar-refractivity contribution in [1.82, 2.24) is 5.32 Å². The van der Waals surface area contributed by atoms with Gasteiger partial charge in [0, 0.05) is 23.3 Å². The van der Waals surface area contributed by atoms with Crippen molar-refractivity contribution in [2.75, 3.05) is 23.7 Å². The maximum absolute atomic E-state index is 12.7. The van der Waals surface area contributed by atoms with Gasteiger partial charge in [0.15, 0.2) is 0 Å². The van der Waals surface area contributed by atoms with Crippen LogP contribution in [0.2, 0.25) is 0 Å². The van der Waals surface area contributed by atoms with E-state index in [4.69, 9.17) is 0 Å². The molecular weight excluding hydrogens is 374 g/mol. The Labute approximate surface area is 176 Å². The minimum absolute atomic E-state index is 0.0738. The Morgan fingerprint density at radius 3 is 2.13 bits per heavy atom. The van der Waals surface area contributed by atoms with Gasteiger partial charge in [-0.15, -0.1) is 0 Å². The van der Waals surface area contributed by atoms with Gasteiger partial charge in [0.1, 0.15) is 0 Å². The molecule has 5 heteroatoms. The summed E-state index contributed by atoms with van der Waals surface area (Å²) in [6.07, 6.45) is 2.18. The quantitative estimate of drug-likeness (QED) is 0.532. The summed E-state index contributed by atoms with van der Waals surface area (Å²) in [5.74, 6) is -0.304. The van der Waals surface area contributed by atoms with Crippen LogP contribution in [0.3, 0.4) is 0 Å². The summed E-state index contributed by atoms with van der Waals surface area (Å²) in [4.78, 5) is 25.1. The lowest BCUT2D eigenvalue weighted by atomic mass is 9.96. The van der Waals surface area contributed by atoms with Gasteiger partial charge in [-0.25, -0.2) is 0 Å². The van der Waals surface area contributed by atoms with Crippen molar-refractivity contribution in [1.29, 1.82) is 0 Å². The largest absolute Gasteiger partial charge is 0.376 e. The summed E-state index contributed by atoms with van der Waals surface area (Å²) in [5.41, 5.74) is 3.21. The van der Waals surface area contributed by atoms with E-state index in [1.807, 2.05) is 60.7 Å². The summed E-state index contributed by atoms with van der Waals surface area (Å²) in [6, 6.07) is 26.8. The van der Waals surface area contributed by atoms with Gasteiger partial charge in [0.2, 0.25) is 5.91 Å². The normalized spacial score (nSPS) is 13.9. The lowest BCUT2D eigenvalue weighted by Gasteiger charge is -2.17. The Kier molecular flexibility index (Phi) is 5.80. The zero-order valence-corrected chi connectivity index (χ0v) is 16.7. The SMILES string of the molecule is O=C(CNc1ccccc1C(=O)Nc1ccccc1)NCC1(c2ccccc2)CC1. The van der Waals surface area contributed by atoms with Gasteiger partial charge < -0.3 is 16.0 Å². The van der Waals surface area contributed by atoms with Crippen molar-refractivity contribution in [3.05, 3.63) is 96.1 Å². The number of nitrogens with one attached hydrogen (secondary N) is 3. The average molecular weight is 399 g/mol. The number of anilines is 2. The van der Waals surface area contributed by atoms with Crippen LogP contribution in [0.1, 0.15) is 28.8 Å². The van der Waals surface area contributed by atoms with Gasteiger partial charge >= 0.3 is 0 Å². The molecule has 2 amide bonds. The molecule has 3 N–H and O–H groups in total. The molecule has 4 rings (SSSR count). The minimum Gasteiger partial charge on any atom is -0.376 e. The number of para-hydroxylation sites is 2. The van der Waals surface area contributed by atoms with Crippen LogP contribution >= 0.6 is 0 Å². The molecule has 0 bridgehead atoms. The molecule has 0 heterocycles. The van der Waals surface area contributed by atoms with Crippen LogP contribution in [0.4, 0.5) is 11.4 Å². The third-order valence-electron chi connectivity index (χ3n) is 5.51. The van der Waals surface area contributed by atoms with Crippen LogP contribution in [0.15, 0.2) is 84.9 Å². The number of carbonyl (C=O) groups is 2. The molecule has 5 nitrogen and oxygen atoms in total. The number of carbonyl (C=O) groups excluding carboxylic acids is 2. The Bertz CT molecular complexity index is 1010. The third-order valence-corrected chi connectivity index (χ3v) is 5.51. The zero-order valence-electron chi connectivity index (χ0n) is 16.7. The molecule has 1 saturated carbocycles. The molecule has 3 aromatic carbocycles. The highest BCUT2D eigenvalue weighted by atomic mass is 16.2. The molecular formula is C25H25N3O2. The predicted molar refractivity (Wildman–Crippen MR) is 120 cm³/mol. The van der Waals surface area contributed by atoms with E-state index in [1.165, 1.54) is 5.56 Å². The fourth-order valence-electron chi connectivity index (χ4n) is 3.57. The van der Waals surface area contributed by atoms with Gasteiger partial charge in [0.05, 0.1) is 12.1 Å². The molecule has 1 fully saturated rings. The van der Waals surface area contributed by atoms with E-state index < -0.39 is 0 Å². The lowest BCUT2D eigenvalue weighted by molar-refractivity contribution is -0.119. The molecule has 152 valence electrons. The first kappa shape index (κ1) is 19.7. The Morgan fingerprint density at radius 2 is 1.43 bits per heavy atom. The molecule has 1 aliphatic rings. The number of hydrogen-bond acceptors (Lipinski definition) is 3. The highest BCUT2D eigenvalue weighted by Crippen LogP contribution is 2.47. The monoisotopic (exact) mass is 399 g/mol. The standard InChI is InChI=1S/C25H25N3O2/c29-23(27-18-25(15-16-25)19-9-3-1-4-10-19)17-26-22-14-8-7-13-21(22)24(30)28-20-11-5-2-6-12-20/h1-14,26H,15-18H2,(H,27,29)(H,28,30). The van der Waals surface area contributed by atoms with Crippen LogP contribution in [0.5, 0.6) is 0 Å². The number of amides is 2. The second-order valence-corrected chi connectivity index (χ2v) is 7.64. The van der Waals surface area contributed by atoms with Gasteiger partial charge in [0.25, 0.3) is 5.91 Å². The molecule has 1 aliphatic carbocycles. The lowest BCUT2D eigenvalue weighted by Crippen LogP contribution is -2.36. The van der Waals surface area contributed by atoms with Gasteiger partial charge in [-0.2, -0.15) is 0 Å².